The van der Waals surface area contributed by atoms with Gasteiger partial charge in [-0.05, 0) is 0 Å². The molecule has 0 atom stereocenters. The molecule has 0 fully saturated rings. The monoisotopic (exact) mass is 171 g/mol. The Kier molecular flexibility index (Phi) is 3.31. The number of hydroxylamine groups is 1. The Morgan fingerprint density at radius 1 is 1.60 bits per heavy atom. The van der Waals surface area contributed by atoms with Crippen molar-refractivity contribution in [2.24, 2.45) is 0 Å². The highest BCUT2D eigenvalue weighted by atomic mass is 31.2. The first-order valence-corrected chi connectivity index (χ1v) is 3.57. The molecule has 0 aliphatic heterocycles. The van der Waals surface area contributed by atoms with E-state index in [4.69, 9.17) is 9.79 Å². The van der Waals surface area contributed by atoms with Crippen LogP contribution in [-0.4, -0.2) is 23.0 Å². The normalized spacial score (nSPS) is 10.7. The first kappa shape index (κ1) is 9.38. The van der Waals surface area contributed by atoms with Crippen LogP contribution >= 0.6 is 7.82 Å². The van der Waals surface area contributed by atoms with E-state index < -0.39 is 13.9 Å². The fraction of sp³-hybridized carbons (Fsp3) is 0.500. The van der Waals surface area contributed by atoms with Crippen LogP contribution in [-0.2, 0) is 13.9 Å². The molecular weight excluding hydrogens is 165 g/mol. The number of ether oxygens (including phenoxy) is 1. The number of hydrogen-bond acceptors (Lipinski definition) is 4. The first-order valence-electron chi connectivity index (χ1n) is 2.04. The summed E-state index contributed by atoms with van der Waals surface area (Å²) < 4.78 is 17.3. The van der Waals surface area contributed by atoms with Crippen LogP contribution in [0.3, 0.4) is 0 Å². The topological polar surface area (TPSA) is 105 Å². The van der Waals surface area contributed by atoms with Crippen LogP contribution in [0, 0.1) is 0 Å². The molecule has 0 rings (SSSR count). The molecule has 0 heterocycles. The molecule has 8 heteroatoms. The Hall–Kier alpha value is -0.620. The number of amides is 1. The van der Waals surface area contributed by atoms with Gasteiger partial charge in [-0.2, -0.15) is 10.1 Å². The molecule has 10 heavy (non-hydrogen) atoms. The van der Waals surface area contributed by atoms with E-state index in [0.717, 1.165) is 7.11 Å². The first-order chi connectivity index (χ1) is 4.45. The predicted molar refractivity (Wildman–Crippen MR) is 28.7 cm³/mol. The summed E-state index contributed by atoms with van der Waals surface area (Å²) in [6.07, 6.45) is -1.08. The highest BCUT2D eigenvalue weighted by Gasteiger charge is 2.15. The lowest BCUT2D eigenvalue weighted by Crippen LogP contribution is -2.21. The molecular formula is C2H6NO6P. The van der Waals surface area contributed by atoms with Crippen LogP contribution in [0.2, 0.25) is 0 Å². The number of rotatable bonds is 2. The van der Waals surface area contributed by atoms with Gasteiger partial charge in [0.1, 0.15) is 0 Å². The van der Waals surface area contributed by atoms with Crippen molar-refractivity contribution in [1.82, 2.24) is 5.48 Å². The zero-order chi connectivity index (χ0) is 8.20. The zero-order valence-corrected chi connectivity index (χ0v) is 5.87. The van der Waals surface area contributed by atoms with E-state index in [-0.39, 0.29) is 0 Å². The third kappa shape index (κ3) is 5.52. The minimum Gasteiger partial charge on any atom is -0.451 e. The van der Waals surface area contributed by atoms with Crippen LogP contribution < -0.4 is 5.48 Å². The van der Waals surface area contributed by atoms with E-state index in [1.165, 1.54) is 5.48 Å². The van der Waals surface area contributed by atoms with Crippen LogP contribution in [0.1, 0.15) is 0 Å². The summed E-state index contributed by atoms with van der Waals surface area (Å²) in [6, 6.07) is 0. The SMILES string of the molecule is COC(=O)NOP(=O)(O)O. The summed E-state index contributed by atoms with van der Waals surface area (Å²) in [5, 5.41) is 0. The molecule has 1 amide bonds. The van der Waals surface area contributed by atoms with Gasteiger partial charge in [0.2, 0.25) is 0 Å². The van der Waals surface area contributed by atoms with Gasteiger partial charge in [-0.15, -0.1) is 0 Å². The van der Waals surface area contributed by atoms with Gasteiger partial charge in [0.25, 0.3) is 0 Å². The fourth-order valence-electron chi connectivity index (χ4n) is 0.138. The summed E-state index contributed by atoms with van der Waals surface area (Å²) in [5.74, 6) is 0. The van der Waals surface area contributed by atoms with E-state index in [2.05, 4.69) is 9.36 Å². The fourth-order valence-corrected chi connectivity index (χ4v) is 0.332. The van der Waals surface area contributed by atoms with Gasteiger partial charge < -0.3 is 14.5 Å². The van der Waals surface area contributed by atoms with Gasteiger partial charge in [-0.1, -0.05) is 0 Å². The number of carbonyl (C=O) groups excluding carboxylic acids is 1. The largest absolute Gasteiger partial charge is 0.491 e. The summed E-state index contributed by atoms with van der Waals surface area (Å²) in [6.45, 7) is 0. The maximum Gasteiger partial charge on any atom is 0.491 e. The summed E-state index contributed by atoms with van der Waals surface area (Å²) in [7, 11) is -3.62. The predicted octanol–water partition coefficient (Wildman–Crippen LogP) is -0.633. The molecule has 0 radical (unpaired) electrons. The van der Waals surface area contributed by atoms with Gasteiger partial charge in [0, 0.05) is 0 Å². The molecule has 0 unspecified atom stereocenters. The van der Waals surface area contributed by atoms with E-state index in [1.807, 2.05) is 0 Å². The lowest BCUT2D eigenvalue weighted by Gasteiger charge is -2.03. The Morgan fingerprint density at radius 2 is 2.10 bits per heavy atom. The highest BCUT2D eigenvalue weighted by Crippen LogP contribution is 2.33. The number of phosphoric acid groups is 1. The third-order valence-electron chi connectivity index (χ3n) is 0.433. The summed E-state index contributed by atoms with van der Waals surface area (Å²) >= 11 is 0. The van der Waals surface area contributed by atoms with E-state index in [1.54, 1.807) is 0 Å². The van der Waals surface area contributed by atoms with Crippen molar-refractivity contribution < 1.29 is 28.5 Å². The van der Waals surface area contributed by atoms with Gasteiger partial charge in [-0.3, -0.25) is 0 Å². The highest BCUT2D eigenvalue weighted by molar-refractivity contribution is 7.46. The minimum absolute atomic E-state index is 1.03. The quantitative estimate of drug-likeness (QED) is 0.377. The number of hydrogen-bond donors (Lipinski definition) is 3. The van der Waals surface area contributed by atoms with Crippen molar-refractivity contribution >= 4 is 13.9 Å². The summed E-state index contributed by atoms with van der Waals surface area (Å²) in [5.41, 5.74) is 1.35. The smallest absolute Gasteiger partial charge is 0.451 e. The van der Waals surface area contributed by atoms with Crippen molar-refractivity contribution in [3.8, 4) is 0 Å². The van der Waals surface area contributed by atoms with Crippen LogP contribution in [0.25, 0.3) is 0 Å². The van der Waals surface area contributed by atoms with Gasteiger partial charge >= 0.3 is 13.9 Å². The Labute approximate surface area is 56.1 Å². The van der Waals surface area contributed by atoms with Gasteiger partial charge in [0.15, 0.2) is 0 Å². The van der Waals surface area contributed by atoms with Crippen LogP contribution in [0.5, 0.6) is 0 Å². The average molecular weight is 171 g/mol. The maximum absolute atomic E-state index is 10.1. The number of carbonyl (C=O) groups is 1. The molecule has 0 aromatic heterocycles. The summed E-state index contributed by atoms with van der Waals surface area (Å²) in [4.78, 5) is 26.0. The standard InChI is InChI=1S/C2H6NO6P/c1-8-2(4)3-9-10(5,6)7/h1H3,(H,3,4)(H2,5,6,7). The van der Waals surface area contributed by atoms with E-state index in [0.29, 0.717) is 0 Å². The molecule has 0 aromatic rings. The third-order valence-corrected chi connectivity index (χ3v) is 0.762. The Balaban J connectivity index is 3.56. The lowest BCUT2D eigenvalue weighted by molar-refractivity contribution is 0.0926. The van der Waals surface area contributed by atoms with Crippen LogP contribution in [0.15, 0.2) is 0 Å². The molecule has 0 saturated carbocycles. The number of methoxy groups -OCH3 is 1. The molecule has 0 spiro atoms. The second-order valence-electron chi connectivity index (χ2n) is 1.18. The van der Waals surface area contributed by atoms with E-state index >= 15 is 0 Å². The van der Waals surface area contributed by atoms with Crippen molar-refractivity contribution in [2.45, 2.75) is 0 Å². The van der Waals surface area contributed by atoms with Crippen molar-refractivity contribution in [2.75, 3.05) is 7.11 Å². The molecule has 0 aliphatic carbocycles. The van der Waals surface area contributed by atoms with Crippen molar-refractivity contribution in [3.63, 3.8) is 0 Å². The molecule has 0 aliphatic rings. The second-order valence-corrected chi connectivity index (χ2v) is 2.34. The molecule has 60 valence electrons. The van der Waals surface area contributed by atoms with Crippen LogP contribution in [0.4, 0.5) is 4.79 Å². The van der Waals surface area contributed by atoms with E-state index in [9.17, 15) is 9.36 Å². The molecule has 3 N–H and O–H groups in total. The second kappa shape index (κ2) is 3.52. The maximum atomic E-state index is 10.1. The molecule has 0 aromatic carbocycles. The van der Waals surface area contributed by atoms with Crippen molar-refractivity contribution in [3.05, 3.63) is 0 Å². The van der Waals surface area contributed by atoms with Gasteiger partial charge in [0.05, 0.1) is 7.11 Å². The van der Waals surface area contributed by atoms with Gasteiger partial charge in [-0.25, -0.2) is 9.36 Å². The number of nitrogens with one attached hydrogen (secondary N) is 1. The zero-order valence-electron chi connectivity index (χ0n) is 4.97. The minimum atomic E-state index is -4.64. The van der Waals surface area contributed by atoms with Crippen molar-refractivity contribution in [1.29, 1.82) is 0 Å². The average Bonchev–Trinajstić information content (AvgIpc) is 1.81. The molecule has 0 bridgehead atoms. The molecule has 7 nitrogen and oxygen atoms in total. The lowest BCUT2D eigenvalue weighted by atomic mass is 11.2. The Morgan fingerprint density at radius 3 is 2.40 bits per heavy atom. The molecule has 0 saturated heterocycles. The Bertz CT molecular complexity index is 161.